The molecule has 0 spiro atoms. The minimum absolute atomic E-state index is 1.21. The molecule has 0 aliphatic heterocycles. The van der Waals surface area contributed by atoms with Gasteiger partial charge in [0.2, 0.25) is 0 Å². The zero-order valence-corrected chi connectivity index (χ0v) is 6.80. The van der Waals surface area contributed by atoms with E-state index >= 15 is 0 Å². The summed E-state index contributed by atoms with van der Waals surface area (Å²) in [4.78, 5) is 0. The molecular weight excluding hydrogens is 144 g/mol. The first-order valence-electron chi connectivity index (χ1n) is 4.36. The summed E-state index contributed by atoms with van der Waals surface area (Å²) in [5, 5.41) is 2.74. The molecule has 0 saturated heterocycles. The van der Waals surface area contributed by atoms with E-state index in [0.29, 0.717) is 0 Å². The van der Waals surface area contributed by atoms with Crippen molar-refractivity contribution in [1.82, 2.24) is 0 Å². The Hall–Kier alpha value is -1.30. The second kappa shape index (κ2) is 2.10. The van der Waals surface area contributed by atoms with Gasteiger partial charge in [-0.3, -0.25) is 0 Å². The van der Waals surface area contributed by atoms with E-state index in [1.54, 1.807) is 0 Å². The highest BCUT2D eigenvalue weighted by Gasteiger charge is 2.12. The number of benzene rings is 2. The lowest BCUT2D eigenvalue weighted by Gasteiger charge is -1.98. The van der Waals surface area contributed by atoms with Crippen molar-refractivity contribution in [3.05, 3.63) is 47.5 Å². The highest BCUT2D eigenvalue weighted by Crippen LogP contribution is 2.29. The molecule has 0 fully saturated rings. The lowest BCUT2D eigenvalue weighted by molar-refractivity contribution is 1.02. The van der Waals surface area contributed by atoms with Gasteiger partial charge in [-0.25, -0.2) is 0 Å². The van der Waals surface area contributed by atoms with E-state index in [4.69, 9.17) is 0 Å². The quantitative estimate of drug-likeness (QED) is 0.546. The van der Waals surface area contributed by atoms with Gasteiger partial charge < -0.3 is 0 Å². The second-order valence-electron chi connectivity index (χ2n) is 3.34. The van der Waals surface area contributed by atoms with Crippen LogP contribution in [0.5, 0.6) is 0 Å². The van der Waals surface area contributed by atoms with Gasteiger partial charge in [-0.2, -0.15) is 0 Å². The molecule has 0 N–H and O–H groups in total. The van der Waals surface area contributed by atoms with Crippen LogP contribution in [-0.4, -0.2) is 0 Å². The molecule has 0 bridgehead atoms. The minimum Gasteiger partial charge on any atom is -0.0613 e. The fourth-order valence-electron chi connectivity index (χ4n) is 2.10. The molecule has 0 heteroatoms. The van der Waals surface area contributed by atoms with Crippen molar-refractivity contribution >= 4 is 10.8 Å². The van der Waals surface area contributed by atoms with Gasteiger partial charge in [-0.05, 0) is 40.8 Å². The van der Waals surface area contributed by atoms with E-state index in [2.05, 4.69) is 30.3 Å². The van der Waals surface area contributed by atoms with Crippen molar-refractivity contribution in [2.75, 3.05) is 0 Å². The Kier molecular flexibility index (Phi) is 1.09. The topological polar surface area (TPSA) is 0 Å². The Morgan fingerprint density at radius 3 is 2.75 bits per heavy atom. The van der Waals surface area contributed by atoms with Gasteiger partial charge in [0.15, 0.2) is 0 Å². The molecule has 0 amide bonds. The molecule has 0 nitrogen and oxygen atoms in total. The van der Waals surface area contributed by atoms with Gasteiger partial charge in [-0.15, -0.1) is 0 Å². The van der Waals surface area contributed by atoms with E-state index in [-0.39, 0.29) is 0 Å². The summed E-state index contributed by atoms with van der Waals surface area (Å²) in [5.74, 6) is 0. The van der Waals surface area contributed by atoms with E-state index in [0.717, 1.165) is 0 Å². The molecule has 2 aromatic carbocycles. The molecule has 0 unspecified atom stereocenters. The molecule has 0 heterocycles. The summed E-state index contributed by atoms with van der Waals surface area (Å²) in [7, 11) is 0. The monoisotopic (exact) mass is 153 g/mol. The first kappa shape index (κ1) is 6.24. The van der Waals surface area contributed by atoms with Crippen molar-refractivity contribution in [3.8, 4) is 0 Å². The second-order valence-corrected chi connectivity index (χ2v) is 3.34. The number of hydrogen-bond donors (Lipinski definition) is 0. The Morgan fingerprint density at radius 2 is 1.83 bits per heavy atom. The average molecular weight is 153 g/mol. The van der Waals surface area contributed by atoms with Gasteiger partial charge in [-0.1, -0.05) is 30.3 Å². The predicted octanol–water partition coefficient (Wildman–Crippen LogP) is 2.74. The summed E-state index contributed by atoms with van der Waals surface area (Å²) in [6, 6.07) is 14.0. The molecule has 12 heavy (non-hydrogen) atoms. The third-order valence-electron chi connectivity index (χ3n) is 2.66. The maximum atomic E-state index is 3.27. The molecule has 57 valence electrons. The highest BCUT2D eigenvalue weighted by molar-refractivity contribution is 5.90. The molecule has 1 radical (unpaired) electrons. The van der Waals surface area contributed by atoms with Gasteiger partial charge in [0.1, 0.15) is 0 Å². The number of rotatable bonds is 0. The SMILES string of the molecule is [c]1ccc2c3c(cccc13)CC2. The Bertz CT molecular complexity index is 402. The van der Waals surface area contributed by atoms with Crippen LogP contribution in [0.15, 0.2) is 30.3 Å². The third-order valence-corrected chi connectivity index (χ3v) is 2.66. The first-order valence-corrected chi connectivity index (χ1v) is 4.36. The first-order chi connectivity index (χ1) is 5.95. The lowest BCUT2D eigenvalue weighted by Crippen LogP contribution is -1.76. The van der Waals surface area contributed by atoms with Crippen molar-refractivity contribution in [3.63, 3.8) is 0 Å². The third kappa shape index (κ3) is 0.672. The van der Waals surface area contributed by atoms with Crippen LogP contribution in [0.2, 0.25) is 0 Å². The molecular formula is C12H9. The van der Waals surface area contributed by atoms with Crippen LogP contribution >= 0.6 is 0 Å². The molecule has 0 saturated carbocycles. The Morgan fingerprint density at radius 1 is 1.00 bits per heavy atom. The minimum atomic E-state index is 1.21. The highest BCUT2D eigenvalue weighted by atomic mass is 14.2. The molecule has 1 aliphatic rings. The molecule has 0 aromatic heterocycles. The maximum absolute atomic E-state index is 3.27. The Balaban J connectivity index is 2.58. The van der Waals surface area contributed by atoms with Crippen LogP contribution in [0.4, 0.5) is 0 Å². The fourth-order valence-corrected chi connectivity index (χ4v) is 2.10. The predicted molar refractivity (Wildman–Crippen MR) is 50.2 cm³/mol. The summed E-state index contributed by atoms with van der Waals surface area (Å²) >= 11 is 0. The van der Waals surface area contributed by atoms with Crippen molar-refractivity contribution in [2.45, 2.75) is 12.8 Å². The van der Waals surface area contributed by atoms with Crippen LogP contribution in [0.1, 0.15) is 11.1 Å². The standard InChI is InChI=1S/C12H9/c1-3-9-4-2-6-11-8-7-10(5-1)12(9)11/h1-3,5-6H,7-8H2. The van der Waals surface area contributed by atoms with Gasteiger partial charge >= 0.3 is 0 Å². The van der Waals surface area contributed by atoms with Crippen molar-refractivity contribution in [1.29, 1.82) is 0 Å². The molecule has 2 aromatic rings. The molecule has 3 rings (SSSR count). The summed E-state index contributed by atoms with van der Waals surface area (Å²) in [6.45, 7) is 0. The van der Waals surface area contributed by atoms with E-state index in [9.17, 15) is 0 Å². The fraction of sp³-hybridized carbons (Fsp3) is 0.167. The van der Waals surface area contributed by atoms with Crippen molar-refractivity contribution < 1.29 is 0 Å². The van der Waals surface area contributed by atoms with Gasteiger partial charge in [0, 0.05) is 0 Å². The van der Waals surface area contributed by atoms with Crippen molar-refractivity contribution in [2.24, 2.45) is 0 Å². The van der Waals surface area contributed by atoms with Gasteiger partial charge in [0.05, 0.1) is 0 Å². The smallest absolute Gasteiger partial charge is 0.00989 e. The van der Waals surface area contributed by atoms with E-state index in [1.165, 1.54) is 34.7 Å². The van der Waals surface area contributed by atoms with Crippen LogP contribution in [0.25, 0.3) is 10.8 Å². The maximum Gasteiger partial charge on any atom is -0.00989 e. The van der Waals surface area contributed by atoms with E-state index < -0.39 is 0 Å². The zero-order valence-electron chi connectivity index (χ0n) is 6.80. The summed E-state index contributed by atoms with van der Waals surface area (Å²) in [6.07, 6.45) is 2.43. The normalized spacial score (nSPS) is 14.0. The van der Waals surface area contributed by atoms with Crippen LogP contribution in [0, 0.1) is 6.07 Å². The van der Waals surface area contributed by atoms with Gasteiger partial charge in [0.25, 0.3) is 0 Å². The summed E-state index contributed by atoms with van der Waals surface area (Å²) in [5.41, 5.74) is 3.00. The van der Waals surface area contributed by atoms with Crippen LogP contribution in [-0.2, 0) is 12.8 Å². The van der Waals surface area contributed by atoms with Crippen LogP contribution < -0.4 is 0 Å². The number of hydrogen-bond acceptors (Lipinski definition) is 0. The average Bonchev–Trinajstić information content (AvgIpc) is 2.52. The number of aryl methyl sites for hydroxylation is 2. The van der Waals surface area contributed by atoms with E-state index in [1.807, 2.05) is 6.07 Å². The molecule has 0 atom stereocenters. The van der Waals surface area contributed by atoms with Crippen LogP contribution in [0.3, 0.4) is 0 Å². The summed E-state index contributed by atoms with van der Waals surface area (Å²) < 4.78 is 0. The zero-order chi connectivity index (χ0) is 7.97. The Labute approximate surface area is 71.8 Å². The largest absolute Gasteiger partial charge is 0.0613 e. The lowest BCUT2D eigenvalue weighted by atomic mass is 10.1. The molecule has 1 aliphatic carbocycles.